The SMILES string of the molecule is CNC(C)(C)C(=O)N[C@H](COCc1ccc(C)cc1)C(=O)N1CCCC2(C1)C(=O)N(C)CC2c1ccc(F)cc1. The Morgan fingerprint density at radius 2 is 1.82 bits per heavy atom. The second kappa shape index (κ2) is 12.1. The average molecular weight is 553 g/mol. The molecule has 2 fully saturated rings. The molecule has 0 bridgehead atoms. The van der Waals surface area contributed by atoms with Crippen LogP contribution in [0.4, 0.5) is 4.39 Å². The van der Waals surface area contributed by atoms with E-state index in [0.717, 1.165) is 16.7 Å². The molecule has 3 atom stereocenters. The molecule has 2 unspecified atom stereocenters. The molecule has 0 aromatic heterocycles. The largest absolute Gasteiger partial charge is 0.374 e. The summed E-state index contributed by atoms with van der Waals surface area (Å²) in [4.78, 5) is 44.1. The summed E-state index contributed by atoms with van der Waals surface area (Å²) in [7, 11) is 3.46. The molecule has 3 amide bonds. The van der Waals surface area contributed by atoms with Crippen LogP contribution in [0.15, 0.2) is 48.5 Å². The molecule has 2 N–H and O–H groups in total. The maximum absolute atomic E-state index is 14.0. The number of hydrogen-bond donors (Lipinski definition) is 2. The van der Waals surface area contributed by atoms with Crippen LogP contribution < -0.4 is 10.6 Å². The van der Waals surface area contributed by atoms with Gasteiger partial charge in [-0.2, -0.15) is 0 Å². The number of likely N-dealkylation sites (N-methyl/N-ethyl adjacent to an activating group) is 2. The van der Waals surface area contributed by atoms with Crippen LogP contribution in [0.2, 0.25) is 0 Å². The molecule has 2 aromatic carbocycles. The van der Waals surface area contributed by atoms with E-state index in [9.17, 15) is 18.8 Å². The summed E-state index contributed by atoms with van der Waals surface area (Å²) < 4.78 is 19.6. The first-order valence-electron chi connectivity index (χ1n) is 13.9. The number of rotatable bonds is 9. The first-order valence-corrected chi connectivity index (χ1v) is 13.9. The Labute approximate surface area is 236 Å². The van der Waals surface area contributed by atoms with Gasteiger partial charge in [0.05, 0.1) is 24.2 Å². The summed E-state index contributed by atoms with van der Waals surface area (Å²) in [6.07, 6.45) is 1.28. The van der Waals surface area contributed by atoms with E-state index in [1.54, 1.807) is 49.9 Å². The predicted molar refractivity (Wildman–Crippen MR) is 151 cm³/mol. The molecule has 0 aliphatic carbocycles. The number of piperidine rings is 1. The number of ether oxygens (including phenoxy) is 1. The maximum Gasteiger partial charge on any atom is 0.247 e. The third-order valence-corrected chi connectivity index (χ3v) is 8.47. The molecule has 1 spiro atoms. The molecule has 2 aromatic rings. The summed E-state index contributed by atoms with van der Waals surface area (Å²) in [6.45, 7) is 7.01. The Kier molecular flexibility index (Phi) is 8.95. The van der Waals surface area contributed by atoms with Crippen LogP contribution in [0.25, 0.3) is 0 Å². The molecule has 216 valence electrons. The normalized spacial score (nSPS) is 22.1. The molecule has 2 aliphatic heterocycles. The number of carbonyl (C=O) groups is 3. The topological polar surface area (TPSA) is 91.0 Å². The molecule has 9 heteroatoms. The fraction of sp³-hybridized carbons (Fsp3) is 0.516. The smallest absolute Gasteiger partial charge is 0.247 e. The molecule has 8 nitrogen and oxygen atoms in total. The molecule has 2 aliphatic rings. The molecule has 2 saturated heterocycles. The quantitative estimate of drug-likeness (QED) is 0.499. The lowest BCUT2D eigenvalue weighted by molar-refractivity contribution is -0.147. The number of amides is 3. The van der Waals surface area contributed by atoms with Gasteiger partial charge in [0.25, 0.3) is 0 Å². The maximum atomic E-state index is 14.0. The van der Waals surface area contributed by atoms with Crippen molar-refractivity contribution in [2.24, 2.45) is 5.41 Å². The van der Waals surface area contributed by atoms with Gasteiger partial charge < -0.3 is 25.2 Å². The van der Waals surface area contributed by atoms with E-state index in [0.29, 0.717) is 32.5 Å². The molecular formula is C31H41FN4O4. The molecule has 0 saturated carbocycles. The first kappa shape index (κ1) is 29.7. The number of likely N-dealkylation sites (tertiary alicyclic amines) is 2. The van der Waals surface area contributed by atoms with Crippen LogP contribution >= 0.6 is 0 Å². The summed E-state index contributed by atoms with van der Waals surface area (Å²) in [6, 6.07) is 13.3. The van der Waals surface area contributed by atoms with Gasteiger partial charge in [-0.05, 0) is 63.9 Å². The Morgan fingerprint density at radius 1 is 1.15 bits per heavy atom. The van der Waals surface area contributed by atoms with Crippen molar-refractivity contribution in [2.75, 3.05) is 40.3 Å². The Morgan fingerprint density at radius 3 is 2.48 bits per heavy atom. The Bertz CT molecular complexity index is 1220. The van der Waals surface area contributed by atoms with Gasteiger partial charge in [-0.1, -0.05) is 42.0 Å². The van der Waals surface area contributed by atoms with E-state index in [1.807, 2.05) is 31.2 Å². The lowest BCUT2D eigenvalue weighted by Crippen LogP contribution is -2.60. The highest BCUT2D eigenvalue weighted by Gasteiger charge is 2.56. The monoisotopic (exact) mass is 552 g/mol. The Hall–Kier alpha value is -3.30. The van der Waals surface area contributed by atoms with E-state index in [1.165, 1.54) is 12.1 Å². The van der Waals surface area contributed by atoms with Gasteiger partial charge >= 0.3 is 0 Å². The number of aryl methyl sites for hydroxylation is 1. The van der Waals surface area contributed by atoms with Crippen LogP contribution in [0.3, 0.4) is 0 Å². The van der Waals surface area contributed by atoms with Gasteiger partial charge in [-0.15, -0.1) is 0 Å². The van der Waals surface area contributed by atoms with Gasteiger partial charge in [0.1, 0.15) is 11.9 Å². The van der Waals surface area contributed by atoms with Crippen LogP contribution in [0, 0.1) is 18.2 Å². The first-order chi connectivity index (χ1) is 19.0. The third-order valence-electron chi connectivity index (χ3n) is 8.47. The van der Waals surface area contributed by atoms with Crippen molar-refractivity contribution in [3.63, 3.8) is 0 Å². The summed E-state index contributed by atoms with van der Waals surface area (Å²) in [5.74, 6) is -1.10. The van der Waals surface area contributed by atoms with Crippen molar-refractivity contribution in [1.82, 2.24) is 20.4 Å². The number of nitrogens with one attached hydrogen (secondary N) is 2. The van der Waals surface area contributed by atoms with Crippen LogP contribution in [0.5, 0.6) is 0 Å². The number of hydrogen-bond acceptors (Lipinski definition) is 5. The second-order valence-corrected chi connectivity index (χ2v) is 11.7. The van der Waals surface area contributed by atoms with E-state index < -0.39 is 17.0 Å². The van der Waals surface area contributed by atoms with E-state index in [-0.39, 0.29) is 42.6 Å². The zero-order valence-corrected chi connectivity index (χ0v) is 24.1. The highest BCUT2D eigenvalue weighted by Crippen LogP contribution is 2.49. The van der Waals surface area contributed by atoms with Crippen molar-refractivity contribution in [3.05, 3.63) is 71.0 Å². The standard InChI is InChI=1S/C31H41FN4O4/c1-21-7-9-22(10-8-21)18-40-19-26(34-28(38)30(2,3)33-4)27(37)36-16-6-15-31(20-36)25(17-35(5)29(31)39)23-11-13-24(32)14-12-23/h7-14,25-26,33H,6,15-20H2,1-5H3,(H,34,38)/t25?,26-,31?/m1/s1. The lowest BCUT2D eigenvalue weighted by Gasteiger charge is -2.43. The minimum absolute atomic E-state index is 0.00299. The predicted octanol–water partition coefficient (Wildman–Crippen LogP) is 3.00. The molecular weight excluding hydrogens is 511 g/mol. The van der Waals surface area contributed by atoms with E-state index >= 15 is 0 Å². The van der Waals surface area contributed by atoms with Crippen molar-refractivity contribution in [3.8, 4) is 0 Å². The van der Waals surface area contributed by atoms with Crippen molar-refractivity contribution in [2.45, 2.75) is 57.7 Å². The number of benzene rings is 2. The molecule has 40 heavy (non-hydrogen) atoms. The number of halogens is 1. The summed E-state index contributed by atoms with van der Waals surface area (Å²) >= 11 is 0. The number of carbonyl (C=O) groups excluding carboxylic acids is 3. The van der Waals surface area contributed by atoms with Gasteiger partial charge in [0, 0.05) is 32.6 Å². The highest BCUT2D eigenvalue weighted by atomic mass is 19.1. The molecule has 2 heterocycles. The second-order valence-electron chi connectivity index (χ2n) is 11.7. The molecule has 0 radical (unpaired) electrons. The van der Waals surface area contributed by atoms with Crippen LogP contribution in [0.1, 0.15) is 49.3 Å². The zero-order valence-electron chi connectivity index (χ0n) is 24.1. The fourth-order valence-electron chi connectivity index (χ4n) is 5.74. The van der Waals surface area contributed by atoms with Gasteiger partial charge in [0.15, 0.2) is 0 Å². The van der Waals surface area contributed by atoms with Crippen molar-refractivity contribution in [1.29, 1.82) is 0 Å². The Balaban J connectivity index is 1.55. The van der Waals surface area contributed by atoms with Gasteiger partial charge in [0.2, 0.25) is 17.7 Å². The minimum Gasteiger partial charge on any atom is -0.374 e. The summed E-state index contributed by atoms with van der Waals surface area (Å²) in [5.41, 5.74) is 1.30. The lowest BCUT2D eigenvalue weighted by atomic mass is 9.69. The van der Waals surface area contributed by atoms with Gasteiger partial charge in [-0.25, -0.2) is 4.39 Å². The minimum atomic E-state index is -0.917. The van der Waals surface area contributed by atoms with E-state index in [4.69, 9.17) is 4.74 Å². The van der Waals surface area contributed by atoms with E-state index in [2.05, 4.69) is 10.6 Å². The average Bonchev–Trinajstić information content (AvgIpc) is 3.18. The zero-order chi connectivity index (χ0) is 29.1. The molecule has 4 rings (SSSR count). The fourth-order valence-corrected chi connectivity index (χ4v) is 5.74. The third kappa shape index (κ3) is 6.20. The van der Waals surface area contributed by atoms with Crippen molar-refractivity contribution >= 4 is 17.7 Å². The van der Waals surface area contributed by atoms with Crippen LogP contribution in [-0.2, 0) is 25.7 Å². The van der Waals surface area contributed by atoms with Crippen molar-refractivity contribution < 1.29 is 23.5 Å². The number of nitrogens with zero attached hydrogens (tertiary/aromatic N) is 2. The highest BCUT2D eigenvalue weighted by molar-refractivity contribution is 5.93. The van der Waals surface area contributed by atoms with Crippen LogP contribution in [-0.4, -0.2) is 79.4 Å². The van der Waals surface area contributed by atoms with Gasteiger partial charge in [-0.3, -0.25) is 14.4 Å². The summed E-state index contributed by atoms with van der Waals surface area (Å²) in [5, 5.41) is 5.87.